The molecule has 7 rings (SSSR count). The van der Waals surface area contributed by atoms with Crippen LogP contribution in [-0.2, 0) is 16.1 Å². The number of fused-ring (bicyclic) bond motifs is 4. The van der Waals surface area contributed by atoms with Crippen LogP contribution in [0.25, 0.3) is 0 Å². The Balaban J connectivity index is 0.694. The molecule has 14 nitrogen and oxygen atoms in total. The predicted molar refractivity (Wildman–Crippen MR) is 286 cm³/mol. The fraction of sp³-hybridized carbons (Fsp3) is 0.439. The minimum Gasteiger partial charge on any atom is -0.355 e. The lowest BCUT2D eigenvalue weighted by Gasteiger charge is -2.29. The highest BCUT2D eigenvalue weighted by Gasteiger charge is 2.30. The van der Waals surface area contributed by atoms with Gasteiger partial charge in [-0.1, -0.05) is 106 Å². The number of unbranched alkanes of at least 4 members (excludes halogenated alkanes) is 11. The predicted octanol–water partition coefficient (Wildman–Crippen LogP) is 10.1. The molecule has 5 aromatic rings. The maximum absolute atomic E-state index is 14.2. The molecule has 376 valence electrons. The van der Waals surface area contributed by atoms with Gasteiger partial charge in [-0.05, 0) is 133 Å². The van der Waals surface area contributed by atoms with Crippen molar-refractivity contribution < 1.29 is 19.2 Å². The Morgan fingerprint density at radius 1 is 0.507 bits per heavy atom. The Hall–Kier alpha value is -6.64. The summed E-state index contributed by atoms with van der Waals surface area (Å²) in [5.74, 6) is 0.625. The second kappa shape index (κ2) is 27.7. The van der Waals surface area contributed by atoms with Crippen LogP contribution in [0, 0.1) is 0 Å². The molecular formula is C57H74N10O4. The summed E-state index contributed by atoms with van der Waals surface area (Å²) in [6, 6.07) is 32.1. The van der Waals surface area contributed by atoms with E-state index >= 15 is 0 Å². The van der Waals surface area contributed by atoms with Crippen molar-refractivity contribution in [3.63, 3.8) is 0 Å². The summed E-state index contributed by atoms with van der Waals surface area (Å²) in [4.78, 5) is 72.8. The number of carbonyl (C=O) groups excluding carboxylic acids is 4. The van der Waals surface area contributed by atoms with Gasteiger partial charge in [-0.2, -0.15) is 0 Å². The summed E-state index contributed by atoms with van der Waals surface area (Å²) < 4.78 is 0. The normalized spacial score (nSPS) is 12.8. The van der Waals surface area contributed by atoms with Gasteiger partial charge in [0.2, 0.25) is 11.8 Å². The van der Waals surface area contributed by atoms with Crippen LogP contribution in [-0.4, -0.2) is 115 Å². The van der Waals surface area contributed by atoms with Crippen LogP contribution < -0.4 is 25.8 Å². The number of hydrogen-bond donors (Lipinski definition) is 3. The highest BCUT2D eigenvalue weighted by molar-refractivity contribution is 6.13. The van der Waals surface area contributed by atoms with Gasteiger partial charge in [-0.25, -0.2) is 9.97 Å². The fourth-order valence-corrected chi connectivity index (χ4v) is 9.50. The van der Waals surface area contributed by atoms with Crippen molar-refractivity contribution >= 4 is 58.0 Å². The summed E-state index contributed by atoms with van der Waals surface area (Å²) in [7, 11) is 4.47. The largest absolute Gasteiger partial charge is 0.355 e. The smallest absolute Gasteiger partial charge is 0.257 e. The number of anilines is 6. The first-order valence-electron chi connectivity index (χ1n) is 26.0. The summed E-state index contributed by atoms with van der Waals surface area (Å²) in [6.45, 7) is 6.47. The van der Waals surface area contributed by atoms with E-state index in [0.717, 1.165) is 83.1 Å². The minimum atomic E-state index is -0.208. The molecule has 0 unspecified atom stereocenters. The summed E-state index contributed by atoms with van der Waals surface area (Å²) in [5.41, 5.74) is 4.66. The standard InChI is InChI=1S/C57H74N10O4/c1-63(39-21-8-5-18-34-58-52(68)43-66-50-32-16-14-28-46(50)56(70)61-48-30-24-35-59-54(48)66)37-19-6-3-4-7-20-38-64(2)40-22-9-10-23-41-65(42-45-26-12-11-13-27-45)53(69)44-67-51-33-17-15-29-47(51)57(71)62-49-31-25-36-60-55(49)67/h11-17,24-33,35-36H,3-10,18-23,34,37-44H2,1-2H3,(H,58,68)(H,61,70)(H,62,71). The average Bonchev–Trinajstić information content (AvgIpc) is 3.58. The average molecular weight is 963 g/mol. The Bertz CT molecular complexity index is 2490. The van der Waals surface area contributed by atoms with E-state index in [4.69, 9.17) is 0 Å². The Labute approximate surface area is 421 Å². The van der Waals surface area contributed by atoms with Crippen molar-refractivity contribution in [1.29, 1.82) is 0 Å². The van der Waals surface area contributed by atoms with Gasteiger partial charge in [-0.3, -0.25) is 19.2 Å². The molecule has 0 aliphatic carbocycles. The van der Waals surface area contributed by atoms with Gasteiger partial charge in [0, 0.05) is 32.0 Å². The van der Waals surface area contributed by atoms with Gasteiger partial charge in [0.15, 0.2) is 11.6 Å². The molecule has 2 aliphatic heterocycles. The van der Waals surface area contributed by atoms with Gasteiger partial charge < -0.3 is 40.4 Å². The second-order valence-corrected chi connectivity index (χ2v) is 19.1. The second-order valence-electron chi connectivity index (χ2n) is 19.1. The van der Waals surface area contributed by atoms with Gasteiger partial charge in [0.25, 0.3) is 11.8 Å². The third-order valence-electron chi connectivity index (χ3n) is 13.5. The lowest BCUT2D eigenvalue weighted by atomic mass is 10.1. The van der Waals surface area contributed by atoms with Gasteiger partial charge in [0.1, 0.15) is 13.1 Å². The number of amides is 4. The topological polar surface area (TPSA) is 146 Å². The first-order valence-corrected chi connectivity index (χ1v) is 26.0. The zero-order valence-corrected chi connectivity index (χ0v) is 42.0. The van der Waals surface area contributed by atoms with Crippen molar-refractivity contribution in [3.05, 3.63) is 132 Å². The van der Waals surface area contributed by atoms with Crippen molar-refractivity contribution in [2.75, 3.05) is 86.9 Å². The number of rotatable bonds is 29. The van der Waals surface area contributed by atoms with E-state index in [-0.39, 0.29) is 36.7 Å². The van der Waals surface area contributed by atoms with Crippen LogP contribution in [0.2, 0.25) is 0 Å². The van der Waals surface area contributed by atoms with Crippen LogP contribution in [0.4, 0.5) is 34.4 Å². The van der Waals surface area contributed by atoms with Crippen LogP contribution in [0.5, 0.6) is 0 Å². The molecule has 0 bridgehead atoms. The molecule has 2 aliphatic rings. The fourth-order valence-electron chi connectivity index (χ4n) is 9.50. The molecule has 0 radical (unpaired) electrons. The number of hydrogen-bond acceptors (Lipinski definition) is 10. The highest BCUT2D eigenvalue weighted by atomic mass is 16.2. The molecule has 3 N–H and O–H groups in total. The lowest BCUT2D eigenvalue weighted by Crippen LogP contribution is -2.39. The van der Waals surface area contributed by atoms with Crippen LogP contribution >= 0.6 is 0 Å². The van der Waals surface area contributed by atoms with Crippen molar-refractivity contribution in [3.8, 4) is 0 Å². The number of nitrogens with zero attached hydrogens (tertiary/aromatic N) is 7. The molecule has 0 atom stereocenters. The molecule has 4 amide bonds. The zero-order chi connectivity index (χ0) is 49.6. The molecule has 14 heteroatoms. The minimum absolute atomic E-state index is 0.0000956. The van der Waals surface area contributed by atoms with Crippen LogP contribution in [0.1, 0.15) is 116 Å². The molecule has 71 heavy (non-hydrogen) atoms. The number of carbonyl (C=O) groups is 4. The quantitative estimate of drug-likeness (QED) is 0.0396. The molecule has 4 heterocycles. The van der Waals surface area contributed by atoms with Crippen molar-refractivity contribution in [2.45, 2.75) is 96.4 Å². The first kappa shape index (κ1) is 52.2. The van der Waals surface area contributed by atoms with E-state index in [0.29, 0.717) is 65.1 Å². The maximum Gasteiger partial charge on any atom is 0.257 e. The summed E-state index contributed by atoms with van der Waals surface area (Å²) >= 11 is 0. The molecular weight excluding hydrogens is 889 g/mol. The molecule has 2 aromatic heterocycles. The van der Waals surface area contributed by atoms with Crippen molar-refractivity contribution in [1.82, 2.24) is 30.0 Å². The van der Waals surface area contributed by atoms with E-state index < -0.39 is 0 Å². The molecule has 3 aromatic carbocycles. The lowest BCUT2D eigenvalue weighted by molar-refractivity contribution is -0.130. The van der Waals surface area contributed by atoms with E-state index in [1.807, 2.05) is 75.4 Å². The highest BCUT2D eigenvalue weighted by Crippen LogP contribution is 2.37. The number of para-hydroxylation sites is 2. The summed E-state index contributed by atoms with van der Waals surface area (Å²) in [5, 5.41) is 8.97. The number of nitrogens with one attached hydrogen (secondary N) is 3. The van der Waals surface area contributed by atoms with Gasteiger partial charge in [0.05, 0.1) is 33.9 Å². The number of benzene rings is 3. The number of pyridine rings is 2. The van der Waals surface area contributed by atoms with Crippen LogP contribution in [0.3, 0.4) is 0 Å². The van der Waals surface area contributed by atoms with Crippen LogP contribution in [0.15, 0.2) is 116 Å². The SMILES string of the molecule is CN(CCCCCCCCN(C)CCCCCCN(Cc1ccccc1)C(=O)CN1c2ccccc2C(=O)Nc2cccnc21)CCCCCCNC(=O)CN1c2ccccc2C(=O)Nc2cccnc21. The zero-order valence-electron chi connectivity index (χ0n) is 42.0. The van der Waals surface area contributed by atoms with Gasteiger partial charge >= 0.3 is 0 Å². The number of aromatic nitrogens is 2. The Kier molecular flexibility index (Phi) is 20.3. The molecule has 0 spiro atoms. The summed E-state index contributed by atoms with van der Waals surface area (Å²) in [6.07, 6.45) is 19.6. The Morgan fingerprint density at radius 2 is 0.944 bits per heavy atom. The third-order valence-corrected chi connectivity index (χ3v) is 13.5. The van der Waals surface area contributed by atoms with Gasteiger partial charge in [-0.15, -0.1) is 0 Å². The van der Waals surface area contributed by atoms with E-state index in [2.05, 4.69) is 61.9 Å². The molecule has 0 fully saturated rings. The van der Waals surface area contributed by atoms with Crippen molar-refractivity contribution in [2.24, 2.45) is 0 Å². The van der Waals surface area contributed by atoms with E-state index in [9.17, 15) is 19.2 Å². The maximum atomic E-state index is 14.2. The first-order chi connectivity index (χ1) is 34.7. The van der Waals surface area contributed by atoms with E-state index in [1.54, 1.807) is 42.7 Å². The molecule has 0 saturated heterocycles. The molecule has 0 saturated carbocycles. The third kappa shape index (κ3) is 15.7. The van der Waals surface area contributed by atoms with E-state index in [1.165, 1.54) is 38.5 Å². The Morgan fingerprint density at radius 3 is 1.46 bits per heavy atom. The monoisotopic (exact) mass is 963 g/mol.